The van der Waals surface area contributed by atoms with Crippen molar-refractivity contribution < 1.29 is 4.79 Å². The Morgan fingerprint density at radius 2 is 2.00 bits per heavy atom. The van der Waals surface area contributed by atoms with Crippen molar-refractivity contribution in [2.45, 2.75) is 6.42 Å². The Bertz CT molecular complexity index is 801. The monoisotopic (exact) mass is 328 g/mol. The number of nitrogens with zero attached hydrogens (tertiary/aromatic N) is 1. The van der Waals surface area contributed by atoms with Gasteiger partial charge in [0.1, 0.15) is 0 Å². The van der Waals surface area contributed by atoms with Gasteiger partial charge in [-0.25, -0.2) is 0 Å². The zero-order valence-corrected chi connectivity index (χ0v) is 13.2. The van der Waals surface area contributed by atoms with E-state index in [1.54, 1.807) is 12.1 Å². The van der Waals surface area contributed by atoms with Gasteiger partial charge < -0.3 is 10.6 Å². The van der Waals surface area contributed by atoms with Crippen LogP contribution >= 0.6 is 11.6 Å². The van der Waals surface area contributed by atoms with Gasteiger partial charge in [0.2, 0.25) is 5.91 Å². The van der Waals surface area contributed by atoms with E-state index < -0.39 is 0 Å². The standard InChI is InChI=1S/C17H17ClN4O/c18-13-6-7-14-15(10-13)21-22-17(14)20-16(23)11-19-9-8-12-4-2-1-3-5-12/h1-7,10,19H,8-9,11H2,(H2,20,21,22,23). The summed E-state index contributed by atoms with van der Waals surface area (Å²) in [6.45, 7) is 0.989. The molecule has 0 radical (unpaired) electrons. The Morgan fingerprint density at radius 3 is 2.83 bits per heavy atom. The normalized spacial score (nSPS) is 10.8. The molecule has 1 amide bonds. The minimum atomic E-state index is -0.124. The molecule has 0 fully saturated rings. The largest absolute Gasteiger partial charge is 0.308 e. The number of rotatable bonds is 6. The van der Waals surface area contributed by atoms with Crippen LogP contribution in [-0.2, 0) is 11.2 Å². The molecule has 3 rings (SSSR count). The highest BCUT2D eigenvalue weighted by Gasteiger charge is 2.09. The molecule has 5 nitrogen and oxygen atoms in total. The van der Waals surface area contributed by atoms with E-state index in [0.29, 0.717) is 10.8 Å². The average molecular weight is 329 g/mol. The van der Waals surface area contributed by atoms with E-state index in [1.807, 2.05) is 24.3 Å². The average Bonchev–Trinajstić information content (AvgIpc) is 2.94. The molecule has 2 aromatic carbocycles. The summed E-state index contributed by atoms with van der Waals surface area (Å²) in [6.07, 6.45) is 0.887. The summed E-state index contributed by atoms with van der Waals surface area (Å²) < 4.78 is 0. The molecule has 1 heterocycles. The Hall–Kier alpha value is -2.37. The van der Waals surface area contributed by atoms with Crippen molar-refractivity contribution in [1.82, 2.24) is 15.5 Å². The van der Waals surface area contributed by atoms with Crippen LogP contribution < -0.4 is 10.6 Å². The zero-order chi connectivity index (χ0) is 16.1. The summed E-state index contributed by atoms with van der Waals surface area (Å²) in [4.78, 5) is 12.0. The van der Waals surface area contributed by atoms with E-state index in [1.165, 1.54) is 5.56 Å². The first-order valence-electron chi connectivity index (χ1n) is 7.40. The lowest BCUT2D eigenvalue weighted by atomic mass is 10.1. The van der Waals surface area contributed by atoms with E-state index in [2.05, 4.69) is 33.0 Å². The number of carbonyl (C=O) groups excluding carboxylic acids is 1. The molecule has 0 aliphatic carbocycles. The quantitative estimate of drug-likeness (QED) is 0.609. The summed E-state index contributed by atoms with van der Waals surface area (Å²) in [7, 11) is 0. The third kappa shape index (κ3) is 4.09. The highest BCUT2D eigenvalue weighted by atomic mass is 35.5. The lowest BCUT2D eigenvalue weighted by Crippen LogP contribution is -2.29. The molecule has 0 unspecified atom stereocenters. The number of benzene rings is 2. The van der Waals surface area contributed by atoms with Gasteiger partial charge >= 0.3 is 0 Å². The lowest BCUT2D eigenvalue weighted by Gasteiger charge is -2.05. The van der Waals surface area contributed by atoms with Gasteiger partial charge in [0, 0.05) is 10.4 Å². The van der Waals surface area contributed by atoms with Gasteiger partial charge in [0.05, 0.1) is 12.1 Å². The first kappa shape index (κ1) is 15.5. The molecular formula is C17H17ClN4O. The van der Waals surface area contributed by atoms with Crippen LogP contribution in [0.25, 0.3) is 10.9 Å². The Labute approximate surface area is 139 Å². The first-order valence-corrected chi connectivity index (χ1v) is 7.78. The number of H-pyrrole nitrogens is 1. The van der Waals surface area contributed by atoms with E-state index in [4.69, 9.17) is 11.6 Å². The van der Waals surface area contributed by atoms with Crippen LogP contribution in [0.3, 0.4) is 0 Å². The topological polar surface area (TPSA) is 69.8 Å². The van der Waals surface area contributed by atoms with Crippen LogP contribution in [0.2, 0.25) is 5.02 Å². The molecule has 0 spiro atoms. The van der Waals surface area contributed by atoms with Gasteiger partial charge in [-0.05, 0) is 36.7 Å². The summed E-state index contributed by atoms with van der Waals surface area (Å²) in [6, 6.07) is 15.5. The molecular weight excluding hydrogens is 312 g/mol. The van der Waals surface area contributed by atoms with Crippen molar-refractivity contribution >= 4 is 34.2 Å². The summed E-state index contributed by atoms with van der Waals surface area (Å²) >= 11 is 5.92. The minimum absolute atomic E-state index is 0.124. The third-order valence-corrected chi connectivity index (χ3v) is 3.74. The molecule has 0 aliphatic rings. The highest BCUT2D eigenvalue weighted by Crippen LogP contribution is 2.23. The molecule has 0 aliphatic heterocycles. The summed E-state index contributed by atoms with van der Waals surface area (Å²) in [5.74, 6) is 0.396. The molecule has 0 atom stereocenters. The van der Waals surface area contributed by atoms with Crippen molar-refractivity contribution in [3.8, 4) is 0 Å². The molecule has 3 N–H and O–H groups in total. The maximum atomic E-state index is 12.0. The molecule has 118 valence electrons. The SMILES string of the molecule is O=C(CNCCc1ccccc1)Nc1n[nH]c2cc(Cl)ccc12. The Kier molecular flexibility index (Phi) is 4.90. The van der Waals surface area contributed by atoms with Gasteiger partial charge in [-0.1, -0.05) is 41.9 Å². The molecule has 1 aromatic heterocycles. The van der Waals surface area contributed by atoms with Crippen molar-refractivity contribution in [3.05, 3.63) is 59.1 Å². The van der Waals surface area contributed by atoms with Crippen LogP contribution in [0.15, 0.2) is 48.5 Å². The van der Waals surface area contributed by atoms with E-state index in [9.17, 15) is 4.79 Å². The number of fused-ring (bicyclic) bond motifs is 1. The fourth-order valence-corrected chi connectivity index (χ4v) is 2.51. The second kappa shape index (κ2) is 7.26. The number of halogens is 1. The van der Waals surface area contributed by atoms with Crippen molar-refractivity contribution in [3.63, 3.8) is 0 Å². The Balaban J connectivity index is 1.49. The fourth-order valence-electron chi connectivity index (χ4n) is 2.34. The molecule has 0 bridgehead atoms. The minimum Gasteiger partial charge on any atom is -0.308 e. The van der Waals surface area contributed by atoms with Crippen molar-refractivity contribution in [2.24, 2.45) is 0 Å². The van der Waals surface area contributed by atoms with Crippen molar-refractivity contribution in [1.29, 1.82) is 0 Å². The predicted octanol–water partition coefficient (Wildman–Crippen LogP) is 2.99. The molecule has 3 aromatic rings. The maximum Gasteiger partial charge on any atom is 0.239 e. The van der Waals surface area contributed by atoms with Crippen LogP contribution in [-0.4, -0.2) is 29.2 Å². The zero-order valence-electron chi connectivity index (χ0n) is 12.5. The number of aromatic nitrogens is 2. The predicted molar refractivity (Wildman–Crippen MR) is 92.7 cm³/mol. The van der Waals surface area contributed by atoms with Gasteiger partial charge in [-0.2, -0.15) is 5.10 Å². The number of carbonyl (C=O) groups is 1. The van der Waals surface area contributed by atoms with Crippen LogP contribution in [0.4, 0.5) is 5.82 Å². The first-order chi connectivity index (χ1) is 11.2. The fraction of sp³-hybridized carbons (Fsp3) is 0.176. The number of aromatic amines is 1. The third-order valence-electron chi connectivity index (χ3n) is 3.50. The van der Waals surface area contributed by atoms with Gasteiger partial charge in [0.25, 0.3) is 0 Å². The number of anilines is 1. The highest BCUT2D eigenvalue weighted by molar-refractivity contribution is 6.31. The molecule has 0 saturated carbocycles. The van der Waals surface area contributed by atoms with E-state index in [-0.39, 0.29) is 12.5 Å². The van der Waals surface area contributed by atoms with Crippen LogP contribution in [0.1, 0.15) is 5.56 Å². The summed E-state index contributed by atoms with van der Waals surface area (Å²) in [5, 5.41) is 14.4. The van der Waals surface area contributed by atoms with Gasteiger partial charge in [-0.3, -0.25) is 9.89 Å². The maximum absolute atomic E-state index is 12.0. The van der Waals surface area contributed by atoms with Crippen molar-refractivity contribution in [2.75, 3.05) is 18.4 Å². The van der Waals surface area contributed by atoms with Crippen LogP contribution in [0.5, 0.6) is 0 Å². The number of hydrogen-bond donors (Lipinski definition) is 3. The number of nitrogens with one attached hydrogen (secondary N) is 3. The molecule has 23 heavy (non-hydrogen) atoms. The lowest BCUT2D eigenvalue weighted by molar-refractivity contribution is -0.115. The van der Waals surface area contributed by atoms with E-state index >= 15 is 0 Å². The smallest absolute Gasteiger partial charge is 0.239 e. The number of hydrogen-bond acceptors (Lipinski definition) is 3. The second-order valence-electron chi connectivity index (χ2n) is 5.22. The van der Waals surface area contributed by atoms with Gasteiger partial charge in [-0.15, -0.1) is 0 Å². The Morgan fingerprint density at radius 1 is 1.17 bits per heavy atom. The van der Waals surface area contributed by atoms with Gasteiger partial charge in [0.15, 0.2) is 5.82 Å². The molecule has 0 saturated heterocycles. The molecule has 6 heteroatoms. The van der Waals surface area contributed by atoms with Crippen LogP contribution in [0, 0.1) is 0 Å². The van der Waals surface area contributed by atoms with E-state index in [0.717, 1.165) is 23.9 Å². The number of amides is 1. The summed E-state index contributed by atoms with van der Waals surface area (Å²) in [5.41, 5.74) is 2.04. The second-order valence-corrected chi connectivity index (χ2v) is 5.66.